The summed E-state index contributed by atoms with van der Waals surface area (Å²) in [6.45, 7) is 3.74. The minimum absolute atomic E-state index is 0.0723. The molecule has 0 spiro atoms. The molecule has 0 atom stereocenters. The van der Waals surface area contributed by atoms with E-state index in [9.17, 15) is 13.6 Å². The lowest BCUT2D eigenvalue weighted by atomic mass is 10.1. The molecule has 5 nitrogen and oxygen atoms in total. The van der Waals surface area contributed by atoms with Gasteiger partial charge >= 0.3 is 6.01 Å². The van der Waals surface area contributed by atoms with Crippen molar-refractivity contribution >= 4 is 11.7 Å². The van der Waals surface area contributed by atoms with E-state index in [1.165, 1.54) is 12.1 Å². The predicted octanol–water partition coefficient (Wildman–Crippen LogP) is 4.31. The Balaban J connectivity index is 1.70. The van der Waals surface area contributed by atoms with Gasteiger partial charge in [-0.1, -0.05) is 30.3 Å². The van der Waals surface area contributed by atoms with Gasteiger partial charge in [0.2, 0.25) is 0 Å². The van der Waals surface area contributed by atoms with Gasteiger partial charge in [0.15, 0.2) is 11.6 Å². The summed E-state index contributed by atoms with van der Waals surface area (Å²) in [6, 6.07) is 12.5. The van der Waals surface area contributed by atoms with Crippen molar-refractivity contribution in [3.8, 4) is 6.01 Å². The summed E-state index contributed by atoms with van der Waals surface area (Å²) < 4.78 is 32.3. The molecule has 0 radical (unpaired) electrons. The molecule has 0 aliphatic heterocycles. The van der Waals surface area contributed by atoms with Crippen LogP contribution < -0.4 is 10.1 Å². The van der Waals surface area contributed by atoms with Crippen molar-refractivity contribution in [2.45, 2.75) is 13.0 Å². The Labute approximate surface area is 160 Å². The topological polar surface area (TPSA) is 64.1 Å². The number of carbonyl (C=O) groups excluding carboxylic acids is 1. The van der Waals surface area contributed by atoms with Crippen LogP contribution >= 0.6 is 0 Å². The second-order valence-electron chi connectivity index (χ2n) is 5.91. The van der Waals surface area contributed by atoms with E-state index in [0.29, 0.717) is 17.5 Å². The molecule has 0 saturated carbocycles. The zero-order valence-corrected chi connectivity index (χ0v) is 14.9. The van der Waals surface area contributed by atoms with Gasteiger partial charge in [0.1, 0.15) is 12.4 Å². The number of nitrogens with one attached hydrogen (secondary N) is 1. The maximum absolute atomic E-state index is 14.0. The molecule has 2 aromatic carbocycles. The van der Waals surface area contributed by atoms with Crippen LogP contribution in [-0.4, -0.2) is 15.9 Å². The van der Waals surface area contributed by atoms with Gasteiger partial charge in [0.05, 0.1) is 6.20 Å². The lowest BCUT2D eigenvalue weighted by Crippen LogP contribution is -2.15. The van der Waals surface area contributed by atoms with Crippen LogP contribution in [0.4, 0.5) is 14.6 Å². The van der Waals surface area contributed by atoms with E-state index in [4.69, 9.17) is 4.74 Å². The number of nitrogens with zero attached hydrogens (tertiary/aromatic N) is 2. The van der Waals surface area contributed by atoms with E-state index in [2.05, 4.69) is 21.9 Å². The smallest absolute Gasteiger partial charge is 0.318 e. The highest BCUT2D eigenvalue weighted by molar-refractivity contribution is 6.03. The first kappa shape index (κ1) is 19.2. The Kier molecular flexibility index (Phi) is 6.06. The number of halogens is 2. The van der Waals surface area contributed by atoms with Gasteiger partial charge in [0, 0.05) is 5.56 Å². The molecule has 1 heterocycles. The van der Waals surface area contributed by atoms with E-state index >= 15 is 0 Å². The van der Waals surface area contributed by atoms with Gasteiger partial charge in [0.25, 0.3) is 5.91 Å². The summed E-state index contributed by atoms with van der Waals surface area (Å²) in [5.74, 6) is -1.94. The first-order valence-corrected chi connectivity index (χ1v) is 8.46. The highest BCUT2D eigenvalue weighted by atomic mass is 19.1. The molecule has 1 N–H and O–H groups in total. The van der Waals surface area contributed by atoms with Crippen LogP contribution in [0.15, 0.2) is 67.4 Å². The number of carbonyl (C=O) groups is 1. The molecule has 0 unspecified atom stereocenters. The Morgan fingerprint density at radius 3 is 2.68 bits per heavy atom. The van der Waals surface area contributed by atoms with Crippen molar-refractivity contribution in [3.05, 3.63) is 95.7 Å². The Hall–Kier alpha value is -3.61. The summed E-state index contributed by atoms with van der Waals surface area (Å²) in [7, 11) is 0. The quantitative estimate of drug-likeness (QED) is 0.620. The molecule has 142 valence electrons. The summed E-state index contributed by atoms with van der Waals surface area (Å²) in [5, 5.41) is 2.42. The number of hydrogen-bond donors (Lipinski definition) is 1. The Morgan fingerprint density at radius 2 is 1.93 bits per heavy atom. The SMILES string of the molecule is C=CCc1cccc(C(=O)Nc2nc(OCc3ccc(F)cc3)ncc2F)c1. The Morgan fingerprint density at radius 1 is 1.14 bits per heavy atom. The molecule has 1 amide bonds. The van der Waals surface area contributed by atoms with E-state index in [1.54, 1.807) is 36.4 Å². The largest absolute Gasteiger partial charge is 0.459 e. The molecule has 0 fully saturated rings. The van der Waals surface area contributed by atoms with Gasteiger partial charge < -0.3 is 10.1 Å². The summed E-state index contributed by atoms with van der Waals surface area (Å²) in [5.41, 5.74) is 1.97. The highest BCUT2D eigenvalue weighted by Gasteiger charge is 2.13. The van der Waals surface area contributed by atoms with Gasteiger partial charge in [-0.25, -0.2) is 13.8 Å². The highest BCUT2D eigenvalue weighted by Crippen LogP contribution is 2.16. The molecule has 0 aliphatic rings. The lowest BCUT2D eigenvalue weighted by molar-refractivity contribution is 0.102. The fourth-order valence-corrected chi connectivity index (χ4v) is 2.42. The van der Waals surface area contributed by atoms with Crippen LogP contribution in [0.5, 0.6) is 6.01 Å². The monoisotopic (exact) mass is 381 g/mol. The zero-order valence-electron chi connectivity index (χ0n) is 14.9. The minimum Gasteiger partial charge on any atom is -0.459 e. The maximum atomic E-state index is 14.0. The van der Waals surface area contributed by atoms with E-state index in [-0.39, 0.29) is 24.3 Å². The molecule has 28 heavy (non-hydrogen) atoms. The van der Waals surface area contributed by atoms with Crippen LogP contribution in [0.1, 0.15) is 21.5 Å². The molecular weight excluding hydrogens is 364 g/mol. The van der Waals surface area contributed by atoms with E-state index < -0.39 is 11.7 Å². The van der Waals surface area contributed by atoms with Crippen molar-refractivity contribution in [2.75, 3.05) is 5.32 Å². The van der Waals surface area contributed by atoms with Crippen molar-refractivity contribution in [2.24, 2.45) is 0 Å². The molecule has 1 aromatic heterocycles. The number of rotatable bonds is 7. The number of amides is 1. The second kappa shape index (κ2) is 8.85. The molecule has 0 saturated heterocycles. The summed E-state index contributed by atoms with van der Waals surface area (Å²) in [4.78, 5) is 20.0. The summed E-state index contributed by atoms with van der Waals surface area (Å²) in [6.07, 6.45) is 3.26. The minimum atomic E-state index is -0.787. The van der Waals surface area contributed by atoms with Crippen molar-refractivity contribution < 1.29 is 18.3 Å². The third kappa shape index (κ3) is 4.97. The lowest BCUT2D eigenvalue weighted by Gasteiger charge is -2.09. The molecule has 0 bridgehead atoms. The van der Waals surface area contributed by atoms with Crippen LogP contribution in [0.3, 0.4) is 0 Å². The fraction of sp³-hybridized carbons (Fsp3) is 0.0952. The average molecular weight is 381 g/mol. The molecule has 0 aliphatic carbocycles. The first-order chi connectivity index (χ1) is 13.5. The molecular formula is C21H17F2N3O2. The van der Waals surface area contributed by atoms with Gasteiger partial charge in [-0.3, -0.25) is 4.79 Å². The molecule has 3 aromatic rings. The number of aromatic nitrogens is 2. The van der Waals surface area contributed by atoms with Crippen LogP contribution in [-0.2, 0) is 13.0 Å². The normalized spacial score (nSPS) is 10.4. The fourth-order valence-electron chi connectivity index (χ4n) is 2.42. The van der Waals surface area contributed by atoms with Crippen molar-refractivity contribution in [3.63, 3.8) is 0 Å². The number of ether oxygens (including phenoxy) is 1. The van der Waals surface area contributed by atoms with Crippen LogP contribution in [0, 0.1) is 11.6 Å². The third-order valence-corrected chi connectivity index (χ3v) is 3.80. The van der Waals surface area contributed by atoms with Crippen molar-refractivity contribution in [1.29, 1.82) is 0 Å². The van der Waals surface area contributed by atoms with Gasteiger partial charge in [-0.2, -0.15) is 4.98 Å². The van der Waals surface area contributed by atoms with Crippen molar-refractivity contribution in [1.82, 2.24) is 9.97 Å². The number of benzene rings is 2. The second-order valence-corrected chi connectivity index (χ2v) is 5.91. The number of anilines is 1. The van der Waals surface area contributed by atoms with E-state index in [0.717, 1.165) is 11.8 Å². The van der Waals surface area contributed by atoms with Crippen LogP contribution in [0.25, 0.3) is 0 Å². The molecule has 3 rings (SSSR count). The van der Waals surface area contributed by atoms with Gasteiger partial charge in [-0.05, 0) is 41.8 Å². The first-order valence-electron chi connectivity index (χ1n) is 8.46. The predicted molar refractivity (Wildman–Crippen MR) is 101 cm³/mol. The maximum Gasteiger partial charge on any atom is 0.318 e. The Bertz CT molecular complexity index is 991. The zero-order chi connectivity index (χ0) is 19.9. The standard InChI is InChI=1S/C21H17F2N3O2/c1-2-4-14-5-3-6-16(11-14)20(27)25-19-18(23)12-24-21(26-19)28-13-15-7-9-17(22)10-8-15/h2-3,5-12H,1,4,13H2,(H,24,25,26,27). The average Bonchev–Trinajstić information content (AvgIpc) is 2.70. The van der Waals surface area contributed by atoms with E-state index in [1.807, 2.05) is 6.07 Å². The summed E-state index contributed by atoms with van der Waals surface area (Å²) >= 11 is 0. The molecule has 7 heteroatoms. The van der Waals surface area contributed by atoms with Gasteiger partial charge in [-0.15, -0.1) is 6.58 Å². The number of hydrogen-bond acceptors (Lipinski definition) is 4. The number of allylic oxidation sites excluding steroid dienone is 1. The third-order valence-electron chi connectivity index (χ3n) is 3.80. The van der Waals surface area contributed by atoms with Crippen LogP contribution in [0.2, 0.25) is 0 Å².